The standard InChI is InChI=1S/C26H27N5O/c1-2-24-23(18-28-31(24)25-12-5-6-13-27-25)26(32)30-16-14-29(15-17-30)19-21-10-7-9-20-8-3-4-11-22(20)21/h3-13,18H,2,14-17,19H2,1H3. The lowest BCUT2D eigenvalue weighted by Gasteiger charge is -2.35. The molecule has 1 fully saturated rings. The van der Waals surface area contributed by atoms with E-state index in [9.17, 15) is 4.79 Å². The van der Waals surface area contributed by atoms with Crippen LogP contribution >= 0.6 is 0 Å². The predicted molar refractivity (Wildman–Crippen MR) is 126 cm³/mol. The average molecular weight is 426 g/mol. The Hall–Kier alpha value is -3.51. The van der Waals surface area contributed by atoms with Gasteiger partial charge in [0.15, 0.2) is 5.82 Å². The van der Waals surface area contributed by atoms with Crippen molar-refractivity contribution in [3.8, 4) is 5.82 Å². The number of carbonyl (C=O) groups excluding carboxylic acids is 1. The summed E-state index contributed by atoms with van der Waals surface area (Å²) in [6, 6.07) is 20.7. The number of fused-ring (bicyclic) bond motifs is 1. The SMILES string of the molecule is CCc1c(C(=O)N2CCN(Cc3cccc4ccccc34)CC2)cnn1-c1ccccn1. The first-order valence-corrected chi connectivity index (χ1v) is 11.2. The summed E-state index contributed by atoms with van der Waals surface area (Å²) in [5.41, 5.74) is 2.93. The molecule has 2 aromatic heterocycles. The maximum Gasteiger partial charge on any atom is 0.257 e. The Morgan fingerprint density at radius 2 is 1.72 bits per heavy atom. The van der Waals surface area contributed by atoms with Crippen molar-refractivity contribution in [1.29, 1.82) is 0 Å². The Kier molecular flexibility index (Phi) is 5.69. The van der Waals surface area contributed by atoms with Crippen LogP contribution in [0.5, 0.6) is 0 Å². The second kappa shape index (κ2) is 8.93. The van der Waals surface area contributed by atoms with Crippen LogP contribution in [0.1, 0.15) is 28.5 Å². The molecule has 2 aromatic carbocycles. The van der Waals surface area contributed by atoms with Gasteiger partial charge in [-0.3, -0.25) is 9.69 Å². The molecule has 0 aliphatic carbocycles. The lowest BCUT2D eigenvalue weighted by atomic mass is 10.0. The van der Waals surface area contributed by atoms with Gasteiger partial charge in [0.05, 0.1) is 17.5 Å². The molecule has 6 heteroatoms. The first-order valence-electron chi connectivity index (χ1n) is 11.2. The molecular weight excluding hydrogens is 398 g/mol. The smallest absolute Gasteiger partial charge is 0.257 e. The molecule has 1 aliphatic heterocycles. The number of amides is 1. The minimum absolute atomic E-state index is 0.0637. The van der Waals surface area contributed by atoms with Gasteiger partial charge in [0.2, 0.25) is 0 Å². The van der Waals surface area contributed by atoms with Crippen molar-refractivity contribution in [2.75, 3.05) is 26.2 Å². The zero-order valence-corrected chi connectivity index (χ0v) is 18.3. The van der Waals surface area contributed by atoms with E-state index in [4.69, 9.17) is 0 Å². The van der Waals surface area contributed by atoms with E-state index in [-0.39, 0.29) is 5.91 Å². The predicted octanol–water partition coefficient (Wildman–Crippen LogP) is 3.94. The number of aromatic nitrogens is 3. The summed E-state index contributed by atoms with van der Waals surface area (Å²) in [6.45, 7) is 6.13. The molecule has 32 heavy (non-hydrogen) atoms. The third kappa shape index (κ3) is 3.89. The molecule has 3 heterocycles. The molecule has 0 spiro atoms. The van der Waals surface area contributed by atoms with Crippen LogP contribution < -0.4 is 0 Å². The number of pyridine rings is 1. The fourth-order valence-corrected chi connectivity index (χ4v) is 4.52. The van der Waals surface area contributed by atoms with E-state index in [2.05, 4.69) is 64.4 Å². The van der Waals surface area contributed by atoms with Crippen molar-refractivity contribution in [3.05, 3.63) is 89.9 Å². The minimum Gasteiger partial charge on any atom is -0.336 e. The largest absolute Gasteiger partial charge is 0.336 e. The van der Waals surface area contributed by atoms with E-state index in [0.29, 0.717) is 5.56 Å². The topological polar surface area (TPSA) is 54.3 Å². The van der Waals surface area contributed by atoms with Gasteiger partial charge in [0.25, 0.3) is 5.91 Å². The fraction of sp³-hybridized carbons (Fsp3) is 0.269. The highest BCUT2D eigenvalue weighted by molar-refractivity contribution is 5.95. The highest BCUT2D eigenvalue weighted by Gasteiger charge is 2.26. The van der Waals surface area contributed by atoms with Gasteiger partial charge in [-0.05, 0) is 34.9 Å². The van der Waals surface area contributed by atoms with Crippen molar-refractivity contribution >= 4 is 16.7 Å². The first-order chi connectivity index (χ1) is 15.7. The second-order valence-electron chi connectivity index (χ2n) is 8.16. The Balaban J connectivity index is 1.27. The van der Waals surface area contributed by atoms with Gasteiger partial charge in [0.1, 0.15) is 0 Å². The Labute approximate surface area is 188 Å². The second-order valence-corrected chi connectivity index (χ2v) is 8.16. The maximum atomic E-state index is 13.3. The van der Waals surface area contributed by atoms with Gasteiger partial charge >= 0.3 is 0 Å². The number of hydrogen-bond donors (Lipinski definition) is 0. The number of rotatable bonds is 5. The molecule has 0 bridgehead atoms. The molecule has 0 radical (unpaired) electrons. The summed E-state index contributed by atoms with van der Waals surface area (Å²) >= 11 is 0. The number of carbonyl (C=O) groups is 1. The van der Waals surface area contributed by atoms with Crippen LogP contribution in [0.4, 0.5) is 0 Å². The first kappa shape index (κ1) is 20.4. The summed E-state index contributed by atoms with van der Waals surface area (Å²) in [4.78, 5) is 22.1. The van der Waals surface area contributed by atoms with E-state index >= 15 is 0 Å². The summed E-state index contributed by atoms with van der Waals surface area (Å²) in [5.74, 6) is 0.803. The van der Waals surface area contributed by atoms with Crippen molar-refractivity contribution in [3.63, 3.8) is 0 Å². The number of hydrogen-bond acceptors (Lipinski definition) is 4. The zero-order valence-electron chi connectivity index (χ0n) is 18.3. The molecule has 0 unspecified atom stereocenters. The maximum absolute atomic E-state index is 13.3. The van der Waals surface area contributed by atoms with Gasteiger partial charge in [-0.15, -0.1) is 0 Å². The van der Waals surface area contributed by atoms with Crippen LogP contribution in [0.15, 0.2) is 73.1 Å². The fourth-order valence-electron chi connectivity index (χ4n) is 4.52. The van der Waals surface area contributed by atoms with Gasteiger partial charge in [0, 0.05) is 38.9 Å². The third-order valence-electron chi connectivity index (χ3n) is 6.23. The third-order valence-corrected chi connectivity index (χ3v) is 6.23. The van der Waals surface area contributed by atoms with E-state index in [0.717, 1.165) is 50.7 Å². The molecule has 6 nitrogen and oxygen atoms in total. The minimum atomic E-state index is 0.0637. The van der Waals surface area contributed by atoms with Gasteiger partial charge in [-0.25, -0.2) is 9.67 Å². The number of piperazine rings is 1. The number of nitrogens with zero attached hydrogens (tertiary/aromatic N) is 5. The molecule has 162 valence electrons. The van der Waals surface area contributed by atoms with E-state index < -0.39 is 0 Å². The molecule has 0 N–H and O–H groups in total. The van der Waals surface area contributed by atoms with Crippen LogP contribution in [0, 0.1) is 0 Å². The quantitative estimate of drug-likeness (QED) is 0.486. The Morgan fingerprint density at radius 1 is 0.938 bits per heavy atom. The van der Waals surface area contributed by atoms with Crippen LogP contribution in [-0.2, 0) is 13.0 Å². The molecule has 4 aromatic rings. The number of benzene rings is 2. The molecular formula is C26H27N5O. The van der Waals surface area contributed by atoms with Crippen molar-refractivity contribution in [2.45, 2.75) is 19.9 Å². The molecule has 0 saturated carbocycles. The van der Waals surface area contributed by atoms with Crippen molar-refractivity contribution in [2.24, 2.45) is 0 Å². The average Bonchev–Trinajstić information content (AvgIpc) is 3.29. The van der Waals surface area contributed by atoms with Crippen LogP contribution in [0.25, 0.3) is 16.6 Å². The van der Waals surface area contributed by atoms with Crippen molar-refractivity contribution in [1.82, 2.24) is 24.6 Å². The lowest BCUT2D eigenvalue weighted by Crippen LogP contribution is -2.48. The Morgan fingerprint density at radius 3 is 2.50 bits per heavy atom. The van der Waals surface area contributed by atoms with Crippen molar-refractivity contribution < 1.29 is 4.79 Å². The van der Waals surface area contributed by atoms with Gasteiger partial charge < -0.3 is 4.90 Å². The van der Waals surface area contributed by atoms with Crippen LogP contribution in [0.2, 0.25) is 0 Å². The Bertz CT molecular complexity index is 1220. The van der Waals surface area contributed by atoms with E-state index in [1.807, 2.05) is 23.1 Å². The highest BCUT2D eigenvalue weighted by atomic mass is 16.2. The van der Waals surface area contributed by atoms with Crippen LogP contribution in [-0.4, -0.2) is 56.7 Å². The molecule has 0 atom stereocenters. The summed E-state index contributed by atoms with van der Waals surface area (Å²) in [6.07, 6.45) is 4.16. The van der Waals surface area contributed by atoms with Gasteiger partial charge in [-0.2, -0.15) is 5.10 Å². The molecule has 1 aliphatic rings. The lowest BCUT2D eigenvalue weighted by molar-refractivity contribution is 0.0628. The van der Waals surface area contributed by atoms with Crippen LogP contribution in [0.3, 0.4) is 0 Å². The highest BCUT2D eigenvalue weighted by Crippen LogP contribution is 2.22. The summed E-state index contributed by atoms with van der Waals surface area (Å²) < 4.78 is 1.78. The van der Waals surface area contributed by atoms with Gasteiger partial charge in [-0.1, -0.05) is 55.5 Å². The summed E-state index contributed by atoms with van der Waals surface area (Å²) in [7, 11) is 0. The monoisotopic (exact) mass is 425 g/mol. The van der Waals surface area contributed by atoms with E-state index in [1.165, 1.54) is 16.3 Å². The zero-order chi connectivity index (χ0) is 21.9. The molecule has 5 rings (SSSR count). The summed E-state index contributed by atoms with van der Waals surface area (Å²) in [5, 5.41) is 7.05. The van der Waals surface area contributed by atoms with E-state index in [1.54, 1.807) is 17.1 Å². The normalized spacial score (nSPS) is 14.7. The molecule has 1 amide bonds. The molecule has 1 saturated heterocycles.